The van der Waals surface area contributed by atoms with E-state index < -0.39 is 10.9 Å². The smallest absolute Gasteiger partial charge is 0.323 e. The number of amides is 1. The molecule has 1 unspecified atom stereocenters. The molecule has 0 aliphatic carbocycles. The maximum atomic E-state index is 12.4. The molecule has 1 atom stereocenters. The molecule has 1 fully saturated rings. The van der Waals surface area contributed by atoms with Gasteiger partial charge in [0, 0.05) is 25.6 Å². The molecule has 21 heavy (non-hydrogen) atoms. The molecule has 0 spiro atoms. The zero-order valence-electron chi connectivity index (χ0n) is 11.7. The predicted molar refractivity (Wildman–Crippen MR) is 72.9 cm³/mol. The maximum absolute atomic E-state index is 12.4. The summed E-state index contributed by atoms with van der Waals surface area (Å²) in [4.78, 5) is 34.8. The number of nitrogens with zero attached hydrogens (tertiary/aromatic N) is 3. The zero-order valence-corrected chi connectivity index (χ0v) is 11.7. The summed E-state index contributed by atoms with van der Waals surface area (Å²) in [5.74, 6) is -1.03. The summed E-state index contributed by atoms with van der Waals surface area (Å²) in [6, 6.07) is 2.76. The molecule has 1 aliphatic rings. The first-order chi connectivity index (χ1) is 9.90. The SMILES string of the molecule is Cn1c(C(=O)N2CCC(CCC(=O)O)C2)ccc1[N+](=O)[O-]. The molecule has 1 aromatic heterocycles. The topological polar surface area (TPSA) is 106 Å². The van der Waals surface area contributed by atoms with Crippen LogP contribution in [0.15, 0.2) is 12.1 Å². The molecule has 8 heteroatoms. The average Bonchev–Trinajstić information content (AvgIpc) is 3.02. The number of rotatable bonds is 5. The Kier molecular flexibility index (Phi) is 4.25. The van der Waals surface area contributed by atoms with Crippen LogP contribution < -0.4 is 0 Å². The molecular formula is C13H17N3O5. The van der Waals surface area contributed by atoms with Crippen LogP contribution in [0, 0.1) is 16.0 Å². The molecule has 1 aliphatic heterocycles. The highest BCUT2D eigenvalue weighted by molar-refractivity contribution is 5.93. The Morgan fingerprint density at radius 2 is 2.19 bits per heavy atom. The minimum atomic E-state index is -0.835. The number of aromatic nitrogens is 1. The minimum absolute atomic E-state index is 0.0995. The Morgan fingerprint density at radius 1 is 1.48 bits per heavy atom. The first kappa shape index (κ1) is 15.0. The van der Waals surface area contributed by atoms with E-state index in [4.69, 9.17) is 5.11 Å². The van der Waals surface area contributed by atoms with Gasteiger partial charge in [-0.15, -0.1) is 0 Å². The number of carboxylic acids is 1. The number of likely N-dealkylation sites (tertiary alicyclic amines) is 1. The summed E-state index contributed by atoms with van der Waals surface area (Å²) in [5, 5.41) is 19.5. The third-order valence-corrected chi connectivity index (χ3v) is 3.84. The monoisotopic (exact) mass is 295 g/mol. The van der Waals surface area contributed by atoms with Crippen molar-refractivity contribution in [3.63, 3.8) is 0 Å². The standard InChI is InChI=1S/C13H17N3O5/c1-14-10(3-4-11(14)16(20)21)13(19)15-7-6-9(8-15)2-5-12(17)18/h3-4,9H,2,5-8H2,1H3,(H,17,18). The van der Waals surface area contributed by atoms with Crippen molar-refractivity contribution in [2.75, 3.05) is 13.1 Å². The molecule has 0 aromatic carbocycles. The lowest BCUT2D eigenvalue weighted by Crippen LogP contribution is -2.30. The van der Waals surface area contributed by atoms with Gasteiger partial charge in [0.2, 0.25) is 0 Å². The van der Waals surface area contributed by atoms with E-state index in [1.807, 2.05) is 0 Å². The Morgan fingerprint density at radius 3 is 2.76 bits per heavy atom. The third-order valence-electron chi connectivity index (χ3n) is 3.84. The fourth-order valence-corrected chi connectivity index (χ4v) is 2.64. The second-order valence-corrected chi connectivity index (χ2v) is 5.23. The van der Waals surface area contributed by atoms with Crippen LogP contribution in [0.1, 0.15) is 29.8 Å². The first-order valence-electron chi connectivity index (χ1n) is 6.71. The van der Waals surface area contributed by atoms with Crippen molar-refractivity contribution in [3.05, 3.63) is 27.9 Å². The number of hydrogen-bond donors (Lipinski definition) is 1. The number of nitro groups is 1. The van der Waals surface area contributed by atoms with Gasteiger partial charge in [0.1, 0.15) is 0 Å². The van der Waals surface area contributed by atoms with Gasteiger partial charge in [-0.2, -0.15) is 0 Å². The largest absolute Gasteiger partial charge is 0.481 e. The molecule has 0 saturated carbocycles. The lowest BCUT2D eigenvalue weighted by atomic mass is 10.0. The average molecular weight is 295 g/mol. The quantitative estimate of drug-likeness (QED) is 0.650. The number of aliphatic carboxylic acids is 1. The summed E-state index contributed by atoms with van der Waals surface area (Å²) in [6.45, 7) is 1.06. The first-order valence-corrected chi connectivity index (χ1v) is 6.71. The van der Waals surface area contributed by atoms with Crippen molar-refractivity contribution in [3.8, 4) is 0 Å². The van der Waals surface area contributed by atoms with Crippen LogP contribution in [0.3, 0.4) is 0 Å². The molecule has 2 heterocycles. The highest BCUT2D eigenvalue weighted by Gasteiger charge is 2.31. The molecule has 114 valence electrons. The van der Waals surface area contributed by atoms with E-state index in [1.165, 1.54) is 23.7 Å². The molecule has 1 N–H and O–H groups in total. The number of hydrogen-bond acceptors (Lipinski definition) is 4. The zero-order chi connectivity index (χ0) is 15.6. The maximum Gasteiger partial charge on any atom is 0.323 e. The molecule has 1 saturated heterocycles. The van der Waals surface area contributed by atoms with Gasteiger partial charge in [0.25, 0.3) is 5.91 Å². The Labute approximate surface area is 121 Å². The van der Waals surface area contributed by atoms with Crippen LogP contribution in [0.25, 0.3) is 0 Å². The highest BCUT2D eigenvalue weighted by Crippen LogP contribution is 2.24. The number of carbonyl (C=O) groups is 2. The number of carboxylic acid groups (broad SMARTS) is 1. The van der Waals surface area contributed by atoms with Crippen LogP contribution in [0.2, 0.25) is 0 Å². The van der Waals surface area contributed by atoms with Gasteiger partial charge < -0.3 is 20.1 Å². The van der Waals surface area contributed by atoms with Crippen LogP contribution >= 0.6 is 0 Å². The highest BCUT2D eigenvalue weighted by atomic mass is 16.6. The van der Waals surface area contributed by atoms with Crippen molar-refractivity contribution in [1.82, 2.24) is 9.47 Å². The predicted octanol–water partition coefficient (Wildman–Crippen LogP) is 1.26. The van der Waals surface area contributed by atoms with Crippen molar-refractivity contribution in [2.24, 2.45) is 13.0 Å². The van der Waals surface area contributed by atoms with E-state index in [-0.39, 0.29) is 29.8 Å². The van der Waals surface area contributed by atoms with Crippen LogP contribution in [-0.2, 0) is 11.8 Å². The molecule has 0 radical (unpaired) electrons. The second-order valence-electron chi connectivity index (χ2n) is 5.23. The van der Waals surface area contributed by atoms with E-state index >= 15 is 0 Å². The van der Waals surface area contributed by atoms with Crippen LogP contribution in [0.5, 0.6) is 0 Å². The van der Waals surface area contributed by atoms with E-state index in [1.54, 1.807) is 4.90 Å². The van der Waals surface area contributed by atoms with Crippen LogP contribution in [-0.4, -0.2) is 44.5 Å². The third kappa shape index (κ3) is 3.21. The van der Waals surface area contributed by atoms with Crippen molar-refractivity contribution in [1.29, 1.82) is 0 Å². The molecule has 1 amide bonds. The summed E-state index contributed by atoms with van der Waals surface area (Å²) < 4.78 is 1.27. The van der Waals surface area contributed by atoms with Gasteiger partial charge in [-0.05, 0) is 29.7 Å². The fraction of sp³-hybridized carbons (Fsp3) is 0.538. The van der Waals surface area contributed by atoms with Gasteiger partial charge in [0.05, 0.1) is 7.05 Å². The Hall–Kier alpha value is -2.38. The second kappa shape index (κ2) is 5.94. The van der Waals surface area contributed by atoms with Gasteiger partial charge in [-0.3, -0.25) is 9.59 Å². The van der Waals surface area contributed by atoms with E-state index in [0.717, 1.165) is 6.42 Å². The van der Waals surface area contributed by atoms with Crippen LogP contribution in [0.4, 0.5) is 5.82 Å². The lowest BCUT2D eigenvalue weighted by molar-refractivity contribution is -0.391. The minimum Gasteiger partial charge on any atom is -0.481 e. The van der Waals surface area contributed by atoms with Crippen molar-refractivity contribution in [2.45, 2.75) is 19.3 Å². The van der Waals surface area contributed by atoms with Gasteiger partial charge in [-0.25, -0.2) is 4.57 Å². The molecule has 0 bridgehead atoms. The Bertz CT molecular complexity index is 580. The van der Waals surface area contributed by atoms with E-state index in [9.17, 15) is 19.7 Å². The lowest BCUT2D eigenvalue weighted by Gasteiger charge is -2.15. The fourth-order valence-electron chi connectivity index (χ4n) is 2.64. The van der Waals surface area contributed by atoms with Gasteiger partial charge in [0.15, 0.2) is 5.69 Å². The molecular weight excluding hydrogens is 278 g/mol. The van der Waals surface area contributed by atoms with Crippen molar-refractivity contribution < 1.29 is 19.6 Å². The van der Waals surface area contributed by atoms with Gasteiger partial charge in [-0.1, -0.05) is 0 Å². The number of carbonyl (C=O) groups excluding carboxylic acids is 1. The summed E-state index contributed by atoms with van der Waals surface area (Å²) in [5.41, 5.74) is 0.278. The molecule has 1 aromatic rings. The molecule has 8 nitrogen and oxygen atoms in total. The van der Waals surface area contributed by atoms with E-state index in [2.05, 4.69) is 0 Å². The molecule has 2 rings (SSSR count). The Balaban J connectivity index is 2.02. The summed E-state index contributed by atoms with van der Waals surface area (Å²) in [7, 11) is 1.49. The van der Waals surface area contributed by atoms with Gasteiger partial charge >= 0.3 is 11.8 Å². The van der Waals surface area contributed by atoms with Crippen molar-refractivity contribution >= 4 is 17.7 Å². The summed E-state index contributed by atoms with van der Waals surface area (Å²) >= 11 is 0. The summed E-state index contributed by atoms with van der Waals surface area (Å²) in [6.07, 6.45) is 1.42. The normalized spacial score (nSPS) is 18.0. The van der Waals surface area contributed by atoms with E-state index in [0.29, 0.717) is 19.5 Å².